The summed E-state index contributed by atoms with van der Waals surface area (Å²) in [6.45, 7) is 2.46. The summed E-state index contributed by atoms with van der Waals surface area (Å²) in [5.74, 6) is 1.73. The fourth-order valence-electron chi connectivity index (χ4n) is 3.07. The Labute approximate surface area is 161 Å². The fourth-order valence-corrected chi connectivity index (χ4v) is 3.07. The number of carbonyl (C=O) groups is 1. The van der Waals surface area contributed by atoms with Crippen molar-refractivity contribution in [3.05, 3.63) is 72.4 Å². The van der Waals surface area contributed by atoms with Gasteiger partial charge in [0.25, 0.3) is 5.91 Å². The molecular weight excluding hydrogens is 359 g/mol. The van der Waals surface area contributed by atoms with Gasteiger partial charge in [0, 0.05) is 44.0 Å². The molecule has 0 saturated carbocycles. The molecule has 0 aliphatic carbocycles. The minimum absolute atomic E-state index is 0.0835. The Morgan fingerprint density at radius 2 is 1.71 bits per heavy atom. The van der Waals surface area contributed by atoms with Crippen molar-refractivity contribution in [2.75, 3.05) is 36.4 Å². The van der Waals surface area contributed by atoms with Gasteiger partial charge in [-0.15, -0.1) is 0 Å². The van der Waals surface area contributed by atoms with Crippen LogP contribution in [-0.4, -0.2) is 51.9 Å². The molecular formula is C20H19FN6O. The zero-order valence-corrected chi connectivity index (χ0v) is 15.1. The van der Waals surface area contributed by atoms with Crippen LogP contribution in [0.3, 0.4) is 0 Å². The van der Waals surface area contributed by atoms with Crippen LogP contribution in [0.5, 0.6) is 0 Å². The SMILES string of the molecule is O=C(c1ccc(F)cc1)N1CCN(c2cc(Nc3ccccn3)ncn2)CC1. The monoisotopic (exact) mass is 378 g/mol. The molecule has 142 valence electrons. The number of halogens is 1. The molecule has 3 heterocycles. The summed E-state index contributed by atoms with van der Waals surface area (Å²) in [6, 6.07) is 13.1. The summed E-state index contributed by atoms with van der Waals surface area (Å²) in [5, 5.41) is 3.15. The van der Waals surface area contributed by atoms with E-state index in [1.54, 1.807) is 11.1 Å². The van der Waals surface area contributed by atoms with Crippen LogP contribution in [0.2, 0.25) is 0 Å². The number of nitrogens with one attached hydrogen (secondary N) is 1. The molecule has 28 heavy (non-hydrogen) atoms. The molecule has 1 fully saturated rings. The predicted molar refractivity (Wildman–Crippen MR) is 104 cm³/mol. The molecule has 0 atom stereocenters. The highest BCUT2D eigenvalue weighted by Crippen LogP contribution is 2.19. The lowest BCUT2D eigenvalue weighted by atomic mass is 10.2. The maximum Gasteiger partial charge on any atom is 0.253 e. The molecule has 1 amide bonds. The van der Waals surface area contributed by atoms with Crippen LogP contribution >= 0.6 is 0 Å². The smallest absolute Gasteiger partial charge is 0.253 e. The van der Waals surface area contributed by atoms with Crippen molar-refractivity contribution in [3.8, 4) is 0 Å². The first kappa shape index (κ1) is 17.8. The standard InChI is InChI=1S/C20H19FN6O/c21-16-6-4-15(5-7-16)20(28)27-11-9-26(10-12-27)19-13-18(23-14-24-19)25-17-3-1-2-8-22-17/h1-8,13-14H,9-12H2,(H,22,23,24,25). The Morgan fingerprint density at radius 3 is 2.43 bits per heavy atom. The van der Waals surface area contributed by atoms with E-state index in [2.05, 4.69) is 25.2 Å². The van der Waals surface area contributed by atoms with Gasteiger partial charge in [0.05, 0.1) is 0 Å². The van der Waals surface area contributed by atoms with E-state index in [0.29, 0.717) is 43.4 Å². The van der Waals surface area contributed by atoms with Crippen molar-refractivity contribution in [2.45, 2.75) is 0 Å². The summed E-state index contributed by atoms with van der Waals surface area (Å²) < 4.78 is 13.0. The van der Waals surface area contributed by atoms with Gasteiger partial charge >= 0.3 is 0 Å². The molecule has 1 aliphatic heterocycles. The number of carbonyl (C=O) groups excluding carboxylic acids is 1. The van der Waals surface area contributed by atoms with Crippen molar-refractivity contribution in [1.29, 1.82) is 0 Å². The summed E-state index contributed by atoms with van der Waals surface area (Å²) in [5.41, 5.74) is 0.499. The van der Waals surface area contributed by atoms with E-state index >= 15 is 0 Å². The number of nitrogens with zero attached hydrogens (tertiary/aromatic N) is 5. The average molecular weight is 378 g/mol. The highest BCUT2D eigenvalue weighted by Gasteiger charge is 2.23. The molecule has 0 bridgehead atoms. The van der Waals surface area contributed by atoms with E-state index < -0.39 is 0 Å². The van der Waals surface area contributed by atoms with Gasteiger partial charge in [0.1, 0.15) is 29.6 Å². The highest BCUT2D eigenvalue weighted by atomic mass is 19.1. The summed E-state index contributed by atoms with van der Waals surface area (Å²) in [4.78, 5) is 29.3. The lowest BCUT2D eigenvalue weighted by Crippen LogP contribution is -2.49. The topological polar surface area (TPSA) is 74.2 Å². The second-order valence-corrected chi connectivity index (χ2v) is 6.39. The number of anilines is 3. The maximum absolute atomic E-state index is 13.0. The molecule has 0 radical (unpaired) electrons. The van der Waals surface area contributed by atoms with Gasteiger partial charge in [-0.25, -0.2) is 19.3 Å². The van der Waals surface area contributed by atoms with Crippen LogP contribution in [0, 0.1) is 5.82 Å². The van der Waals surface area contributed by atoms with Crippen molar-refractivity contribution in [2.24, 2.45) is 0 Å². The van der Waals surface area contributed by atoms with Crippen LogP contribution in [0.25, 0.3) is 0 Å². The van der Waals surface area contributed by atoms with Gasteiger partial charge in [-0.05, 0) is 36.4 Å². The molecule has 0 unspecified atom stereocenters. The normalized spacial score (nSPS) is 14.0. The van der Waals surface area contributed by atoms with E-state index in [9.17, 15) is 9.18 Å². The fraction of sp³-hybridized carbons (Fsp3) is 0.200. The molecule has 0 spiro atoms. The van der Waals surface area contributed by atoms with E-state index in [4.69, 9.17) is 0 Å². The van der Waals surface area contributed by atoms with Crippen molar-refractivity contribution in [3.63, 3.8) is 0 Å². The molecule has 8 heteroatoms. The van der Waals surface area contributed by atoms with Crippen molar-refractivity contribution in [1.82, 2.24) is 19.9 Å². The van der Waals surface area contributed by atoms with Crippen LogP contribution < -0.4 is 10.2 Å². The summed E-state index contributed by atoms with van der Waals surface area (Å²) in [6.07, 6.45) is 3.22. The van der Waals surface area contributed by atoms with Gasteiger partial charge in [0.15, 0.2) is 0 Å². The Bertz CT molecular complexity index is 942. The Morgan fingerprint density at radius 1 is 0.929 bits per heavy atom. The predicted octanol–water partition coefficient (Wildman–Crippen LogP) is 2.72. The van der Waals surface area contributed by atoms with Gasteiger partial charge in [-0.1, -0.05) is 6.07 Å². The number of hydrogen-bond acceptors (Lipinski definition) is 6. The van der Waals surface area contributed by atoms with Crippen LogP contribution in [0.1, 0.15) is 10.4 Å². The van der Waals surface area contributed by atoms with Crippen molar-refractivity contribution >= 4 is 23.4 Å². The number of hydrogen-bond donors (Lipinski definition) is 1. The van der Waals surface area contributed by atoms with Crippen LogP contribution in [0.15, 0.2) is 61.1 Å². The second-order valence-electron chi connectivity index (χ2n) is 6.39. The second kappa shape index (κ2) is 7.99. The van der Waals surface area contributed by atoms with E-state index in [-0.39, 0.29) is 11.7 Å². The Balaban J connectivity index is 1.39. The van der Waals surface area contributed by atoms with Gasteiger partial charge < -0.3 is 15.1 Å². The zero-order valence-electron chi connectivity index (χ0n) is 15.1. The van der Waals surface area contributed by atoms with E-state index in [1.807, 2.05) is 24.3 Å². The number of piperazine rings is 1. The third-order valence-electron chi connectivity index (χ3n) is 4.56. The number of amides is 1. The van der Waals surface area contributed by atoms with Gasteiger partial charge in [-0.3, -0.25) is 4.79 Å². The Kier molecular flexibility index (Phi) is 5.09. The molecule has 2 aromatic heterocycles. The number of rotatable bonds is 4. The van der Waals surface area contributed by atoms with Crippen LogP contribution in [0.4, 0.5) is 21.8 Å². The number of aromatic nitrogens is 3. The van der Waals surface area contributed by atoms with Gasteiger partial charge in [-0.2, -0.15) is 0 Å². The number of benzene rings is 1. The lowest BCUT2D eigenvalue weighted by molar-refractivity contribution is 0.0746. The molecule has 3 aromatic rings. The third kappa shape index (κ3) is 4.06. The zero-order chi connectivity index (χ0) is 19.3. The lowest BCUT2D eigenvalue weighted by Gasteiger charge is -2.35. The largest absolute Gasteiger partial charge is 0.353 e. The molecule has 1 saturated heterocycles. The maximum atomic E-state index is 13.0. The highest BCUT2D eigenvalue weighted by molar-refractivity contribution is 5.94. The molecule has 7 nitrogen and oxygen atoms in total. The first-order chi connectivity index (χ1) is 13.7. The molecule has 1 aliphatic rings. The van der Waals surface area contributed by atoms with Gasteiger partial charge in [0.2, 0.25) is 0 Å². The molecule has 1 N–H and O–H groups in total. The molecule has 4 rings (SSSR count). The third-order valence-corrected chi connectivity index (χ3v) is 4.56. The summed E-state index contributed by atoms with van der Waals surface area (Å²) in [7, 11) is 0. The molecule has 1 aromatic carbocycles. The first-order valence-electron chi connectivity index (χ1n) is 8.99. The van der Waals surface area contributed by atoms with E-state index in [1.165, 1.54) is 30.6 Å². The average Bonchev–Trinajstić information content (AvgIpc) is 2.75. The first-order valence-corrected chi connectivity index (χ1v) is 8.99. The minimum Gasteiger partial charge on any atom is -0.353 e. The van der Waals surface area contributed by atoms with Crippen molar-refractivity contribution < 1.29 is 9.18 Å². The Hall–Kier alpha value is -3.55. The van der Waals surface area contributed by atoms with E-state index in [0.717, 1.165) is 5.82 Å². The number of pyridine rings is 1. The summed E-state index contributed by atoms with van der Waals surface area (Å²) >= 11 is 0. The quantitative estimate of drug-likeness (QED) is 0.753. The van der Waals surface area contributed by atoms with Crippen LogP contribution in [-0.2, 0) is 0 Å². The minimum atomic E-state index is -0.347.